The highest BCUT2D eigenvalue weighted by Gasteiger charge is 2.80. The van der Waals surface area contributed by atoms with Crippen LogP contribution in [0.15, 0.2) is 0 Å². The van der Waals surface area contributed by atoms with E-state index in [1.807, 2.05) is 0 Å². The van der Waals surface area contributed by atoms with Gasteiger partial charge in [-0.25, -0.2) is 0 Å². The maximum absolute atomic E-state index is 12.3. The van der Waals surface area contributed by atoms with Crippen molar-refractivity contribution in [3.63, 3.8) is 0 Å². The SMILES string of the molecule is CC(=O)N(CC1CCC2C(CC3C4CCC5C(C)(C)[C@@H](O)CCC56C[C@@]46CCC23C)O1)CC(C)(C)O.[HH]. The minimum Gasteiger partial charge on any atom is -0.393 e. The molecule has 5 aliphatic carbocycles. The van der Waals surface area contributed by atoms with Crippen LogP contribution in [-0.4, -0.2) is 58.0 Å². The molecule has 5 heteroatoms. The predicted octanol–water partition coefficient (Wildman–Crippen LogP) is 5.42. The Kier molecular flexibility index (Phi) is 5.65. The smallest absolute Gasteiger partial charge is 0.219 e. The van der Waals surface area contributed by atoms with E-state index in [1.165, 1.54) is 51.4 Å². The Morgan fingerprint density at radius 2 is 1.72 bits per heavy atom. The van der Waals surface area contributed by atoms with Gasteiger partial charge in [0.1, 0.15) is 0 Å². The Labute approximate surface area is 220 Å². The van der Waals surface area contributed by atoms with E-state index in [1.54, 1.807) is 25.7 Å². The van der Waals surface area contributed by atoms with Crippen LogP contribution in [0.4, 0.5) is 0 Å². The van der Waals surface area contributed by atoms with Crippen LogP contribution in [0.25, 0.3) is 0 Å². The van der Waals surface area contributed by atoms with Crippen LogP contribution in [0.1, 0.15) is 107 Å². The zero-order chi connectivity index (χ0) is 25.9. The summed E-state index contributed by atoms with van der Waals surface area (Å²) in [5.74, 6) is 2.94. The molecule has 36 heavy (non-hydrogen) atoms. The van der Waals surface area contributed by atoms with Crippen molar-refractivity contribution in [2.75, 3.05) is 13.1 Å². The maximum atomic E-state index is 12.3. The summed E-state index contributed by atoms with van der Waals surface area (Å²) in [6.45, 7) is 13.4. The molecule has 6 fully saturated rings. The number of carbonyl (C=O) groups excluding carboxylic acids is 1. The highest BCUT2D eigenvalue weighted by molar-refractivity contribution is 5.73. The molecule has 5 nitrogen and oxygen atoms in total. The number of amides is 1. The third-order valence-corrected chi connectivity index (χ3v) is 13.1. The minimum absolute atomic E-state index is 0. The second kappa shape index (κ2) is 7.94. The topological polar surface area (TPSA) is 70.0 Å². The van der Waals surface area contributed by atoms with E-state index in [4.69, 9.17) is 4.74 Å². The molecule has 0 aromatic rings. The van der Waals surface area contributed by atoms with Gasteiger partial charge in [0.05, 0.1) is 23.9 Å². The molecule has 10 atom stereocenters. The molecule has 8 unspecified atom stereocenters. The standard InChI is InChI=1S/C31H51NO4.H2/c1-19(33)32(18-27(2,3)35)16-20-7-8-22-24(36-20)15-23-21-9-10-25-28(4,5)26(34)11-12-31(25)17-30(21,31)14-13-29(22,23)6;/h20-26,34-35H,7-18H2,1-6H3;1H/t20?,21?,22?,23?,24?,25?,26-,29?,30-,31?;/m0./s1. The fourth-order valence-corrected chi connectivity index (χ4v) is 11.5. The van der Waals surface area contributed by atoms with Gasteiger partial charge in [0.15, 0.2) is 0 Å². The number of nitrogens with zero attached hydrogens (tertiary/aromatic N) is 1. The van der Waals surface area contributed by atoms with Crippen LogP contribution >= 0.6 is 0 Å². The zero-order valence-corrected chi connectivity index (χ0v) is 23.7. The Hall–Kier alpha value is -0.650. The second-order valence-corrected chi connectivity index (χ2v) is 15.6. The number of hydrogen-bond acceptors (Lipinski definition) is 4. The van der Waals surface area contributed by atoms with Crippen molar-refractivity contribution < 1.29 is 21.2 Å². The molecule has 1 saturated heterocycles. The summed E-state index contributed by atoms with van der Waals surface area (Å²) in [5.41, 5.74) is 0.576. The molecule has 6 rings (SSSR count). The van der Waals surface area contributed by atoms with Gasteiger partial charge < -0.3 is 19.8 Å². The first kappa shape index (κ1) is 25.6. The van der Waals surface area contributed by atoms with Crippen molar-refractivity contribution in [3.05, 3.63) is 0 Å². The van der Waals surface area contributed by atoms with Gasteiger partial charge in [0.25, 0.3) is 0 Å². The average molecular weight is 504 g/mol. The van der Waals surface area contributed by atoms with Crippen LogP contribution in [0, 0.1) is 45.3 Å². The van der Waals surface area contributed by atoms with Crippen molar-refractivity contribution in [2.24, 2.45) is 45.3 Å². The number of ether oxygens (including phenoxy) is 1. The summed E-state index contributed by atoms with van der Waals surface area (Å²) in [6.07, 6.45) is 12.7. The fourth-order valence-electron chi connectivity index (χ4n) is 11.5. The molecule has 0 aromatic heterocycles. The number of carbonyl (C=O) groups is 1. The van der Waals surface area contributed by atoms with Gasteiger partial charge in [-0.05, 0) is 123 Å². The van der Waals surface area contributed by atoms with E-state index < -0.39 is 5.60 Å². The molecule has 1 amide bonds. The van der Waals surface area contributed by atoms with Crippen molar-refractivity contribution >= 4 is 5.91 Å². The van der Waals surface area contributed by atoms with Crippen molar-refractivity contribution in [3.8, 4) is 0 Å². The van der Waals surface area contributed by atoms with Gasteiger partial charge in [-0.1, -0.05) is 20.8 Å². The Morgan fingerprint density at radius 1 is 1.00 bits per heavy atom. The van der Waals surface area contributed by atoms with Crippen molar-refractivity contribution in [1.82, 2.24) is 4.90 Å². The number of aliphatic hydroxyl groups excluding tert-OH is 1. The van der Waals surface area contributed by atoms with E-state index in [0.29, 0.717) is 47.3 Å². The lowest BCUT2D eigenvalue weighted by Crippen LogP contribution is -2.54. The summed E-state index contributed by atoms with van der Waals surface area (Å²) in [7, 11) is 0. The number of fused-ring (bicyclic) bond motifs is 4. The number of aliphatic hydroxyl groups is 2. The first-order valence-corrected chi connectivity index (χ1v) is 15.0. The van der Waals surface area contributed by atoms with E-state index >= 15 is 0 Å². The predicted molar refractivity (Wildman–Crippen MR) is 142 cm³/mol. The van der Waals surface area contributed by atoms with Crippen molar-refractivity contribution in [1.29, 1.82) is 0 Å². The molecule has 1 heterocycles. The largest absolute Gasteiger partial charge is 0.393 e. The quantitative estimate of drug-likeness (QED) is 0.537. The van der Waals surface area contributed by atoms with Crippen LogP contribution in [0.2, 0.25) is 0 Å². The van der Waals surface area contributed by atoms with E-state index in [-0.39, 0.29) is 25.0 Å². The molecule has 2 spiro atoms. The lowest BCUT2D eigenvalue weighted by atomic mass is 9.46. The third-order valence-electron chi connectivity index (χ3n) is 13.1. The first-order valence-electron chi connectivity index (χ1n) is 15.0. The third kappa shape index (κ3) is 3.47. The molecular weight excluding hydrogens is 450 g/mol. The molecule has 0 aromatic carbocycles. The van der Waals surface area contributed by atoms with Crippen LogP contribution in [0.5, 0.6) is 0 Å². The molecule has 1 aliphatic heterocycles. The molecular formula is C31H53NO4. The second-order valence-electron chi connectivity index (χ2n) is 15.6. The highest BCUT2D eigenvalue weighted by atomic mass is 16.5. The van der Waals surface area contributed by atoms with E-state index in [9.17, 15) is 15.0 Å². The number of hydrogen-bond donors (Lipinski definition) is 2. The summed E-state index contributed by atoms with van der Waals surface area (Å²) in [4.78, 5) is 14.1. The summed E-state index contributed by atoms with van der Waals surface area (Å²) >= 11 is 0. The van der Waals surface area contributed by atoms with E-state index in [2.05, 4.69) is 20.8 Å². The van der Waals surface area contributed by atoms with Gasteiger partial charge in [0, 0.05) is 21.4 Å². The van der Waals surface area contributed by atoms with Crippen LogP contribution in [-0.2, 0) is 9.53 Å². The van der Waals surface area contributed by atoms with Crippen LogP contribution in [0.3, 0.4) is 0 Å². The van der Waals surface area contributed by atoms with Crippen molar-refractivity contribution in [2.45, 2.75) is 130 Å². The normalized spacial score (nSPS) is 50.7. The van der Waals surface area contributed by atoms with E-state index in [0.717, 1.165) is 24.7 Å². The average Bonchev–Trinajstić information content (AvgIpc) is 3.36. The van der Waals surface area contributed by atoms with Crippen LogP contribution < -0.4 is 0 Å². The molecule has 6 aliphatic rings. The molecule has 5 saturated carbocycles. The summed E-state index contributed by atoms with van der Waals surface area (Å²) < 4.78 is 6.83. The van der Waals surface area contributed by atoms with Gasteiger partial charge in [-0.3, -0.25) is 4.79 Å². The molecule has 0 bridgehead atoms. The molecule has 2 N–H and O–H groups in total. The maximum Gasteiger partial charge on any atom is 0.219 e. The minimum atomic E-state index is -0.893. The molecule has 0 radical (unpaired) electrons. The Bertz CT molecular complexity index is 917. The van der Waals surface area contributed by atoms with Gasteiger partial charge in [0.2, 0.25) is 5.91 Å². The fraction of sp³-hybridized carbons (Fsp3) is 0.968. The van der Waals surface area contributed by atoms with Gasteiger partial charge >= 0.3 is 0 Å². The monoisotopic (exact) mass is 503 g/mol. The lowest BCUT2D eigenvalue weighted by Gasteiger charge is -2.59. The Balaban J connectivity index is 0.00000280. The summed E-state index contributed by atoms with van der Waals surface area (Å²) in [5, 5.41) is 21.2. The lowest BCUT2D eigenvalue weighted by molar-refractivity contribution is -0.142. The zero-order valence-electron chi connectivity index (χ0n) is 23.7. The summed E-state index contributed by atoms with van der Waals surface area (Å²) in [6, 6.07) is 0. The Morgan fingerprint density at radius 3 is 2.42 bits per heavy atom. The highest BCUT2D eigenvalue weighted by Crippen LogP contribution is 2.87. The molecule has 206 valence electrons. The van der Waals surface area contributed by atoms with Gasteiger partial charge in [-0.2, -0.15) is 0 Å². The number of rotatable bonds is 4. The first-order chi connectivity index (χ1) is 16.7. The van der Waals surface area contributed by atoms with Gasteiger partial charge in [-0.15, -0.1) is 0 Å².